The van der Waals surface area contributed by atoms with Crippen molar-refractivity contribution in [2.45, 2.75) is 239 Å². The van der Waals surface area contributed by atoms with Gasteiger partial charge in [-0.1, -0.05) is 203 Å². The lowest BCUT2D eigenvalue weighted by atomic mass is 10.1. The first-order chi connectivity index (χ1) is 29.5. The van der Waals surface area contributed by atoms with E-state index < -0.39 is 6.10 Å². The summed E-state index contributed by atoms with van der Waals surface area (Å²) in [5, 5.41) is 0. The number of unbranched alkanes of at least 4 members (excludes halogenated alkanes) is 21. The van der Waals surface area contributed by atoms with Gasteiger partial charge >= 0.3 is 17.9 Å². The molecule has 0 aromatic rings. The van der Waals surface area contributed by atoms with E-state index in [0.29, 0.717) is 19.3 Å². The monoisotopic (exact) mass is 837 g/mol. The third kappa shape index (κ3) is 45.9. The number of carbonyl (C=O) groups is 3. The molecule has 0 saturated carbocycles. The van der Waals surface area contributed by atoms with E-state index in [1.54, 1.807) is 0 Å². The van der Waals surface area contributed by atoms with Crippen LogP contribution in [0, 0.1) is 0 Å². The molecule has 0 radical (unpaired) electrons. The summed E-state index contributed by atoms with van der Waals surface area (Å²) in [6, 6.07) is 0. The Hall–Kier alpha value is -3.15. The maximum atomic E-state index is 12.7. The van der Waals surface area contributed by atoms with Crippen molar-refractivity contribution >= 4 is 17.9 Å². The Kier molecular flexibility index (Phi) is 46.0. The van der Waals surface area contributed by atoms with Gasteiger partial charge < -0.3 is 14.2 Å². The predicted octanol–water partition coefficient (Wildman–Crippen LogP) is 16.3. The smallest absolute Gasteiger partial charge is 0.306 e. The van der Waals surface area contributed by atoms with Crippen LogP contribution in [0.3, 0.4) is 0 Å². The Bertz CT molecular complexity index is 1140. The van der Waals surface area contributed by atoms with E-state index in [2.05, 4.69) is 93.7 Å². The van der Waals surface area contributed by atoms with Crippen molar-refractivity contribution < 1.29 is 28.6 Å². The van der Waals surface area contributed by atoms with Crippen molar-refractivity contribution in [3.63, 3.8) is 0 Å². The van der Waals surface area contributed by atoms with Gasteiger partial charge in [-0.3, -0.25) is 14.4 Å². The van der Waals surface area contributed by atoms with E-state index in [4.69, 9.17) is 14.2 Å². The second-order valence-corrected chi connectivity index (χ2v) is 16.3. The molecule has 60 heavy (non-hydrogen) atoms. The number of rotatable bonds is 44. The Morgan fingerprint density at radius 3 is 1.07 bits per heavy atom. The van der Waals surface area contributed by atoms with Crippen molar-refractivity contribution in [1.82, 2.24) is 0 Å². The molecule has 0 aromatic heterocycles. The van der Waals surface area contributed by atoms with E-state index in [1.807, 2.05) is 0 Å². The van der Waals surface area contributed by atoms with E-state index in [9.17, 15) is 14.4 Å². The average molecular weight is 837 g/mol. The molecule has 1 unspecified atom stereocenters. The molecule has 0 fully saturated rings. The van der Waals surface area contributed by atoms with Crippen LogP contribution in [0.25, 0.3) is 0 Å². The van der Waals surface area contributed by atoms with Crippen LogP contribution >= 0.6 is 0 Å². The van der Waals surface area contributed by atoms with Gasteiger partial charge in [0.1, 0.15) is 13.2 Å². The SMILES string of the molecule is CC/C=C\C/C=C\C/C=C\C/C=C\CCCCCCCCCCC(=O)OCC(COC(=O)CCCCCCCCC)OC(=O)CCCCCCC/C=C\C/C=C\CCCC. The summed E-state index contributed by atoms with van der Waals surface area (Å²) in [6.45, 7) is 6.42. The highest BCUT2D eigenvalue weighted by molar-refractivity contribution is 5.71. The van der Waals surface area contributed by atoms with E-state index in [0.717, 1.165) is 116 Å². The first-order valence-electron chi connectivity index (χ1n) is 24.9. The minimum Gasteiger partial charge on any atom is -0.462 e. The summed E-state index contributed by atoms with van der Waals surface area (Å²) in [5.41, 5.74) is 0. The fourth-order valence-corrected chi connectivity index (χ4v) is 6.68. The molecule has 0 aliphatic heterocycles. The predicted molar refractivity (Wildman–Crippen MR) is 256 cm³/mol. The van der Waals surface area contributed by atoms with Gasteiger partial charge in [-0.2, -0.15) is 0 Å². The molecule has 344 valence electrons. The van der Waals surface area contributed by atoms with Crippen LogP contribution in [0.2, 0.25) is 0 Å². The standard InChI is InChI=1S/C54H92O6/c1-4-7-10-13-16-18-20-22-24-25-26-27-28-29-30-32-33-35-38-41-44-47-53(56)59-50-51(49-58-52(55)46-43-40-37-15-12-9-6-3)60-54(57)48-45-42-39-36-34-31-23-21-19-17-14-11-8-5-2/h7,10,14,16-18,21-24,26-27,51H,4-6,8-9,11-13,15,19-20,25,28-50H2,1-3H3/b10-7-,17-14-,18-16-,23-21-,24-22-,27-26-. The molecule has 0 aliphatic rings. The largest absolute Gasteiger partial charge is 0.462 e. The molecule has 0 spiro atoms. The minimum atomic E-state index is -0.782. The van der Waals surface area contributed by atoms with Gasteiger partial charge in [0.15, 0.2) is 6.10 Å². The Morgan fingerprint density at radius 2 is 0.667 bits per heavy atom. The molecule has 1 atom stereocenters. The van der Waals surface area contributed by atoms with Gasteiger partial charge in [-0.15, -0.1) is 0 Å². The van der Waals surface area contributed by atoms with Gasteiger partial charge in [0, 0.05) is 19.3 Å². The highest BCUT2D eigenvalue weighted by atomic mass is 16.6. The summed E-state index contributed by atoms with van der Waals surface area (Å²) >= 11 is 0. The minimum absolute atomic E-state index is 0.0835. The average Bonchev–Trinajstić information content (AvgIpc) is 3.24. The molecule has 0 N–H and O–H groups in total. The normalized spacial score (nSPS) is 12.7. The topological polar surface area (TPSA) is 78.9 Å². The maximum absolute atomic E-state index is 12.7. The highest BCUT2D eigenvalue weighted by Gasteiger charge is 2.19. The van der Waals surface area contributed by atoms with Gasteiger partial charge in [-0.05, 0) is 83.5 Å². The summed E-state index contributed by atoms with van der Waals surface area (Å²) in [6.07, 6.45) is 60.4. The van der Waals surface area contributed by atoms with Gasteiger partial charge in [0.2, 0.25) is 0 Å². The van der Waals surface area contributed by atoms with Crippen LogP contribution in [0.15, 0.2) is 72.9 Å². The number of carbonyl (C=O) groups excluding carboxylic acids is 3. The second kappa shape index (κ2) is 48.5. The van der Waals surface area contributed by atoms with Crippen molar-refractivity contribution in [2.24, 2.45) is 0 Å². The lowest BCUT2D eigenvalue weighted by Crippen LogP contribution is -2.30. The summed E-state index contributed by atoms with van der Waals surface area (Å²) in [4.78, 5) is 37.7. The quantitative estimate of drug-likeness (QED) is 0.0263. The van der Waals surface area contributed by atoms with Crippen LogP contribution in [-0.2, 0) is 28.6 Å². The third-order valence-corrected chi connectivity index (χ3v) is 10.4. The fraction of sp³-hybridized carbons (Fsp3) is 0.722. The van der Waals surface area contributed by atoms with Gasteiger partial charge in [0.25, 0.3) is 0 Å². The zero-order chi connectivity index (χ0) is 43.7. The van der Waals surface area contributed by atoms with Crippen LogP contribution in [0.5, 0.6) is 0 Å². The lowest BCUT2D eigenvalue weighted by molar-refractivity contribution is -0.167. The van der Waals surface area contributed by atoms with Crippen molar-refractivity contribution in [1.29, 1.82) is 0 Å². The number of hydrogen-bond donors (Lipinski definition) is 0. The van der Waals surface area contributed by atoms with Gasteiger partial charge in [-0.25, -0.2) is 0 Å². The van der Waals surface area contributed by atoms with E-state index >= 15 is 0 Å². The molecule has 6 heteroatoms. The molecule has 0 saturated heterocycles. The van der Waals surface area contributed by atoms with Gasteiger partial charge in [0.05, 0.1) is 0 Å². The van der Waals surface area contributed by atoms with Crippen LogP contribution < -0.4 is 0 Å². The van der Waals surface area contributed by atoms with Crippen molar-refractivity contribution in [3.8, 4) is 0 Å². The molecule has 0 bridgehead atoms. The summed E-state index contributed by atoms with van der Waals surface area (Å²) < 4.78 is 16.7. The number of hydrogen-bond acceptors (Lipinski definition) is 6. The van der Waals surface area contributed by atoms with E-state index in [1.165, 1.54) is 77.0 Å². The molecule has 0 heterocycles. The first-order valence-corrected chi connectivity index (χ1v) is 24.9. The molecular weight excluding hydrogens is 745 g/mol. The molecular formula is C54H92O6. The van der Waals surface area contributed by atoms with Crippen LogP contribution in [0.1, 0.15) is 233 Å². The lowest BCUT2D eigenvalue weighted by Gasteiger charge is -2.18. The Morgan fingerprint density at radius 1 is 0.350 bits per heavy atom. The fourth-order valence-electron chi connectivity index (χ4n) is 6.68. The van der Waals surface area contributed by atoms with E-state index in [-0.39, 0.29) is 31.1 Å². The maximum Gasteiger partial charge on any atom is 0.306 e. The molecule has 0 aliphatic carbocycles. The first kappa shape index (κ1) is 56.9. The van der Waals surface area contributed by atoms with Crippen LogP contribution in [-0.4, -0.2) is 37.2 Å². The molecule has 0 amide bonds. The van der Waals surface area contributed by atoms with Crippen LogP contribution in [0.4, 0.5) is 0 Å². The Balaban J connectivity index is 4.27. The Labute approximate surface area is 370 Å². The van der Waals surface area contributed by atoms with Crippen molar-refractivity contribution in [2.75, 3.05) is 13.2 Å². The molecule has 0 aromatic carbocycles. The highest BCUT2D eigenvalue weighted by Crippen LogP contribution is 2.14. The second-order valence-electron chi connectivity index (χ2n) is 16.3. The zero-order valence-electron chi connectivity index (χ0n) is 39.2. The molecule has 0 rings (SSSR count). The molecule has 6 nitrogen and oxygen atoms in total. The van der Waals surface area contributed by atoms with Crippen molar-refractivity contribution in [3.05, 3.63) is 72.9 Å². The summed E-state index contributed by atoms with van der Waals surface area (Å²) in [7, 11) is 0. The number of ether oxygens (including phenoxy) is 3. The zero-order valence-corrected chi connectivity index (χ0v) is 39.2. The third-order valence-electron chi connectivity index (χ3n) is 10.4. The number of esters is 3. The number of allylic oxidation sites excluding steroid dienone is 12. The summed E-state index contributed by atoms with van der Waals surface area (Å²) in [5.74, 6) is -0.913.